The Hall–Kier alpha value is -2.60. The number of aromatic nitrogens is 1. The van der Waals surface area contributed by atoms with Gasteiger partial charge in [0.1, 0.15) is 11.3 Å². The summed E-state index contributed by atoms with van der Waals surface area (Å²) < 4.78 is 5.94. The molecule has 1 N–H and O–H groups in total. The monoisotopic (exact) mass is 343 g/mol. The molecule has 0 saturated carbocycles. The van der Waals surface area contributed by atoms with Crippen LogP contribution >= 0.6 is 0 Å². The van der Waals surface area contributed by atoms with Crippen LogP contribution in [0.5, 0.6) is 5.75 Å². The molecule has 0 unspecified atom stereocenters. The van der Waals surface area contributed by atoms with Crippen LogP contribution in [0.4, 0.5) is 0 Å². The van der Waals surface area contributed by atoms with Crippen LogP contribution in [-0.4, -0.2) is 37.6 Å². The number of likely N-dealkylation sites (N-methyl/N-ethyl adjacent to an activating group) is 1. The second kappa shape index (κ2) is 9.03. The third-order valence-corrected chi connectivity index (χ3v) is 4.22. The van der Waals surface area contributed by atoms with Gasteiger partial charge in [0.15, 0.2) is 12.4 Å². The molecule has 6 heteroatoms. The van der Waals surface area contributed by atoms with Crippen molar-refractivity contribution in [2.45, 2.75) is 19.9 Å². The highest BCUT2D eigenvalue weighted by molar-refractivity contribution is 5.93. The van der Waals surface area contributed by atoms with E-state index in [1.54, 1.807) is 19.2 Å². The fourth-order valence-electron chi connectivity index (χ4n) is 2.85. The van der Waals surface area contributed by atoms with Gasteiger partial charge in [-0.3, -0.25) is 9.69 Å². The highest BCUT2D eigenvalue weighted by Crippen LogP contribution is 2.23. The molecule has 1 atom stereocenters. The number of hydrogen-bond acceptors (Lipinski definition) is 4. The van der Waals surface area contributed by atoms with E-state index in [0.717, 1.165) is 24.4 Å². The van der Waals surface area contributed by atoms with Crippen molar-refractivity contribution in [2.75, 3.05) is 26.7 Å². The molecule has 1 aromatic carbocycles. The quantitative estimate of drug-likeness (QED) is 0.589. The van der Waals surface area contributed by atoms with Crippen LogP contribution in [0.15, 0.2) is 48.8 Å². The molecule has 1 aromatic heterocycles. The minimum atomic E-state index is -0.259. The van der Waals surface area contributed by atoms with Crippen LogP contribution in [0.3, 0.4) is 0 Å². The summed E-state index contributed by atoms with van der Waals surface area (Å²) in [7, 11) is 1.64. The van der Waals surface area contributed by atoms with Crippen molar-refractivity contribution in [1.82, 2.24) is 10.2 Å². The molecule has 0 radical (unpaired) electrons. The third kappa shape index (κ3) is 4.93. The summed E-state index contributed by atoms with van der Waals surface area (Å²) in [4.78, 5) is 14.6. The van der Waals surface area contributed by atoms with Crippen LogP contribution < -0.4 is 14.8 Å². The Balaban J connectivity index is 2.17. The summed E-state index contributed by atoms with van der Waals surface area (Å²) in [6, 6.07) is 11.1. The molecule has 0 aliphatic rings. The van der Waals surface area contributed by atoms with E-state index < -0.39 is 0 Å². The number of nitrogens with one attached hydrogen (secondary N) is 1. The number of carbonyl (C=O) groups is 1. The van der Waals surface area contributed by atoms with Gasteiger partial charge >= 0.3 is 0 Å². The van der Waals surface area contributed by atoms with Crippen LogP contribution in [0.1, 0.15) is 35.8 Å². The van der Waals surface area contributed by atoms with E-state index in [4.69, 9.17) is 4.74 Å². The van der Waals surface area contributed by atoms with Gasteiger partial charge in [-0.2, -0.15) is 4.73 Å². The zero-order valence-electron chi connectivity index (χ0n) is 14.9. The normalized spacial score (nSPS) is 12.0. The van der Waals surface area contributed by atoms with Crippen molar-refractivity contribution in [3.8, 4) is 5.75 Å². The number of hydrogen-bond donors (Lipinski definition) is 1. The highest BCUT2D eigenvalue weighted by Gasteiger charge is 2.20. The van der Waals surface area contributed by atoms with Gasteiger partial charge in [0.2, 0.25) is 0 Å². The standard InChI is InChI=1S/C19H25N3O3/c1-4-21(5-2)18(15-8-6-10-17(12-15)25-3)13-20-19(23)16-9-7-11-22(24)14-16/h6-12,14,18H,4-5,13H2,1-3H3,(H,20,23)/t18-/m0/s1. The second-order valence-corrected chi connectivity index (χ2v) is 5.68. The van der Waals surface area contributed by atoms with E-state index in [2.05, 4.69) is 24.1 Å². The number of rotatable bonds is 8. The van der Waals surface area contributed by atoms with E-state index in [9.17, 15) is 10.0 Å². The molecule has 1 amide bonds. The minimum absolute atomic E-state index is 0.0251. The van der Waals surface area contributed by atoms with Gasteiger partial charge in [0.25, 0.3) is 5.91 Å². The number of ether oxygens (including phenoxy) is 1. The van der Waals surface area contributed by atoms with Crippen LogP contribution in [0, 0.1) is 5.21 Å². The first kappa shape index (κ1) is 18.7. The molecule has 1 heterocycles. The number of nitrogens with zero attached hydrogens (tertiary/aromatic N) is 2. The fourth-order valence-corrected chi connectivity index (χ4v) is 2.85. The topological polar surface area (TPSA) is 68.5 Å². The molecule has 2 aromatic rings. The lowest BCUT2D eigenvalue weighted by atomic mass is 10.0. The molecule has 134 valence electrons. The summed E-state index contributed by atoms with van der Waals surface area (Å²) in [5.74, 6) is 0.529. The molecular formula is C19H25N3O3. The summed E-state index contributed by atoms with van der Waals surface area (Å²) in [5, 5.41) is 14.3. The number of amides is 1. The second-order valence-electron chi connectivity index (χ2n) is 5.68. The zero-order valence-corrected chi connectivity index (χ0v) is 14.9. The Bertz CT molecular complexity index is 702. The van der Waals surface area contributed by atoms with Crippen molar-refractivity contribution in [2.24, 2.45) is 0 Å². The lowest BCUT2D eigenvalue weighted by Gasteiger charge is -2.30. The van der Waals surface area contributed by atoms with E-state index in [1.165, 1.54) is 12.4 Å². The predicted octanol–water partition coefficient (Wildman–Crippen LogP) is 2.14. The Morgan fingerprint density at radius 1 is 1.28 bits per heavy atom. The molecule has 0 aliphatic heterocycles. The third-order valence-electron chi connectivity index (χ3n) is 4.22. The SMILES string of the molecule is CCN(CC)[C@@H](CNC(=O)c1ccc[n+]([O-])c1)c1cccc(OC)c1. The van der Waals surface area contributed by atoms with E-state index in [-0.39, 0.29) is 11.9 Å². The summed E-state index contributed by atoms with van der Waals surface area (Å²) >= 11 is 0. The number of pyridine rings is 1. The Labute approximate surface area is 148 Å². The van der Waals surface area contributed by atoms with Crippen molar-refractivity contribution in [3.63, 3.8) is 0 Å². The minimum Gasteiger partial charge on any atom is -0.619 e. The van der Waals surface area contributed by atoms with Crippen molar-refractivity contribution in [1.29, 1.82) is 0 Å². The van der Waals surface area contributed by atoms with Crippen LogP contribution in [0.2, 0.25) is 0 Å². The number of benzene rings is 1. The van der Waals surface area contributed by atoms with Gasteiger partial charge in [0.05, 0.1) is 13.2 Å². The van der Waals surface area contributed by atoms with Gasteiger partial charge < -0.3 is 15.3 Å². The van der Waals surface area contributed by atoms with Crippen molar-refractivity contribution >= 4 is 5.91 Å². The van der Waals surface area contributed by atoms with Gasteiger partial charge in [0, 0.05) is 12.6 Å². The van der Waals surface area contributed by atoms with Gasteiger partial charge in [-0.1, -0.05) is 26.0 Å². The Morgan fingerprint density at radius 3 is 2.68 bits per heavy atom. The molecule has 0 saturated heterocycles. The zero-order chi connectivity index (χ0) is 18.2. The number of methoxy groups -OCH3 is 1. The molecule has 0 spiro atoms. The number of carbonyl (C=O) groups excluding carboxylic acids is 1. The van der Waals surface area contributed by atoms with Crippen LogP contribution in [-0.2, 0) is 0 Å². The molecule has 25 heavy (non-hydrogen) atoms. The average molecular weight is 343 g/mol. The van der Waals surface area contributed by atoms with Gasteiger partial charge in [-0.15, -0.1) is 0 Å². The first-order valence-electron chi connectivity index (χ1n) is 8.44. The summed E-state index contributed by atoms with van der Waals surface area (Å²) in [6.07, 6.45) is 2.62. The Kier molecular flexibility index (Phi) is 6.77. The highest BCUT2D eigenvalue weighted by atomic mass is 16.5. The van der Waals surface area contributed by atoms with Gasteiger partial charge in [-0.05, 0) is 36.9 Å². The maximum Gasteiger partial charge on any atom is 0.257 e. The molecule has 0 fully saturated rings. The van der Waals surface area contributed by atoms with Gasteiger partial charge in [-0.25, -0.2) is 0 Å². The summed E-state index contributed by atoms with van der Waals surface area (Å²) in [5.41, 5.74) is 1.43. The average Bonchev–Trinajstić information content (AvgIpc) is 2.65. The maximum atomic E-state index is 12.3. The first-order chi connectivity index (χ1) is 12.1. The molecule has 0 bridgehead atoms. The van der Waals surface area contributed by atoms with E-state index in [0.29, 0.717) is 16.8 Å². The van der Waals surface area contributed by atoms with E-state index >= 15 is 0 Å². The first-order valence-corrected chi connectivity index (χ1v) is 8.44. The largest absolute Gasteiger partial charge is 0.619 e. The smallest absolute Gasteiger partial charge is 0.257 e. The van der Waals surface area contributed by atoms with Crippen LogP contribution in [0.25, 0.3) is 0 Å². The maximum absolute atomic E-state index is 12.3. The fraction of sp³-hybridized carbons (Fsp3) is 0.368. The summed E-state index contributed by atoms with van der Waals surface area (Å²) in [6.45, 7) is 6.35. The van der Waals surface area contributed by atoms with Crippen molar-refractivity contribution < 1.29 is 14.3 Å². The lowest BCUT2D eigenvalue weighted by molar-refractivity contribution is -0.605. The molecule has 0 aliphatic carbocycles. The molecular weight excluding hydrogens is 318 g/mol. The molecule has 6 nitrogen and oxygen atoms in total. The lowest BCUT2D eigenvalue weighted by Crippen LogP contribution is -2.38. The van der Waals surface area contributed by atoms with E-state index in [1.807, 2.05) is 24.3 Å². The molecule has 2 rings (SSSR count). The van der Waals surface area contributed by atoms with Crippen molar-refractivity contribution in [3.05, 3.63) is 65.1 Å². The predicted molar refractivity (Wildman–Crippen MR) is 96.4 cm³/mol. The Morgan fingerprint density at radius 2 is 2.04 bits per heavy atom.